The molecule has 0 fully saturated rings. The van der Waals surface area contributed by atoms with Crippen molar-refractivity contribution in [2.45, 2.75) is 77.7 Å². The van der Waals surface area contributed by atoms with Crippen LogP contribution >= 0.6 is 0 Å². The number of rotatable bonds is 7. The summed E-state index contributed by atoms with van der Waals surface area (Å²) in [6.07, 6.45) is 1.06. The lowest BCUT2D eigenvalue weighted by Gasteiger charge is -2.17. The lowest BCUT2D eigenvalue weighted by atomic mass is 10.2. The van der Waals surface area contributed by atoms with Crippen molar-refractivity contribution < 1.29 is 0 Å². The second-order valence-corrected chi connectivity index (χ2v) is 10.6. The van der Waals surface area contributed by atoms with Crippen LogP contribution < -0.4 is 0 Å². The summed E-state index contributed by atoms with van der Waals surface area (Å²) >= 11 is -0.407. The first-order valence-electron chi connectivity index (χ1n) is 7.98. The smallest absolute Gasteiger partial charge is 0.0915 e. The van der Waals surface area contributed by atoms with E-state index in [-0.39, 0.29) is 0 Å². The van der Waals surface area contributed by atoms with E-state index in [4.69, 9.17) is 0 Å². The summed E-state index contributed by atoms with van der Waals surface area (Å²) in [6.45, 7) is 22.3. The quantitative estimate of drug-likeness (QED) is 0.475. The van der Waals surface area contributed by atoms with Gasteiger partial charge in [0.15, 0.2) is 0 Å². The van der Waals surface area contributed by atoms with Crippen LogP contribution in [0.25, 0.3) is 0 Å². The summed E-state index contributed by atoms with van der Waals surface area (Å²) < 4.78 is 0. The van der Waals surface area contributed by atoms with Gasteiger partial charge < -0.3 is 0 Å². The number of hydrogen-bond donors (Lipinski definition) is 0. The normalized spacial score (nSPS) is 11.2. The van der Waals surface area contributed by atoms with Crippen LogP contribution in [0.2, 0.25) is 15.8 Å². The van der Waals surface area contributed by atoms with Crippen molar-refractivity contribution >= 4 is 14.1 Å². The molecule has 0 unspecified atom stereocenters. The zero-order valence-electron chi connectivity index (χ0n) is 14.4. The average Bonchev–Trinajstić information content (AvgIpc) is 2.14. The largest absolute Gasteiger partial charge is 0.262 e. The zero-order valence-corrected chi connectivity index (χ0v) is 15.6. The molecule has 0 rings (SSSR count). The van der Waals surface area contributed by atoms with Crippen LogP contribution in [-0.2, 0) is 0 Å². The van der Waals surface area contributed by atoms with E-state index < -0.39 is 14.1 Å². The lowest BCUT2D eigenvalue weighted by molar-refractivity contribution is 0.659. The van der Waals surface area contributed by atoms with Crippen LogP contribution in [-0.4, -0.2) is 14.1 Å². The molecule has 109 valence electrons. The summed E-state index contributed by atoms with van der Waals surface area (Å²) in [6, 6.07) is 0. The molecule has 0 aromatic rings. The highest BCUT2D eigenvalue weighted by Crippen LogP contribution is 2.20. The van der Waals surface area contributed by atoms with Crippen molar-refractivity contribution in [3.63, 3.8) is 0 Å². The van der Waals surface area contributed by atoms with Crippen LogP contribution in [0.3, 0.4) is 0 Å². The van der Waals surface area contributed by atoms with Crippen molar-refractivity contribution in [3.8, 4) is 0 Å². The molecule has 0 atom stereocenters. The molecule has 0 bridgehead atoms. The van der Waals surface area contributed by atoms with Gasteiger partial charge in [0.1, 0.15) is 0 Å². The van der Waals surface area contributed by atoms with E-state index in [1.165, 1.54) is 0 Å². The van der Waals surface area contributed by atoms with Gasteiger partial charge in [0, 0.05) is 0 Å². The Kier molecular flexibility index (Phi) is 14.5. The molecule has 0 nitrogen and oxygen atoms in total. The minimum atomic E-state index is -0.407. The van der Waals surface area contributed by atoms with Gasteiger partial charge in [0.2, 0.25) is 0 Å². The predicted molar refractivity (Wildman–Crippen MR) is 89.5 cm³/mol. The van der Waals surface area contributed by atoms with Crippen LogP contribution in [0.1, 0.15) is 61.8 Å². The molecular formula is C17H38Al. The van der Waals surface area contributed by atoms with E-state index in [0.29, 0.717) is 0 Å². The highest BCUT2D eigenvalue weighted by molar-refractivity contribution is 6.58. The van der Waals surface area contributed by atoms with E-state index in [9.17, 15) is 0 Å². The van der Waals surface area contributed by atoms with Gasteiger partial charge in [-0.1, -0.05) is 102 Å². The van der Waals surface area contributed by atoms with E-state index in [1.54, 1.807) is 15.8 Å². The Labute approximate surface area is 122 Å². The molecule has 0 amide bonds. The molecule has 0 aromatic heterocycles. The topological polar surface area (TPSA) is 0 Å². The zero-order chi connectivity index (χ0) is 14.7. The summed E-state index contributed by atoms with van der Waals surface area (Å²) in [7, 11) is 0. The van der Waals surface area contributed by atoms with Crippen molar-refractivity contribution in [2.24, 2.45) is 23.7 Å². The Balaban J connectivity index is 0. The van der Waals surface area contributed by atoms with Crippen LogP contribution in [0, 0.1) is 30.6 Å². The third kappa shape index (κ3) is 18.9. The monoisotopic (exact) mass is 269 g/mol. The fourth-order valence-electron chi connectivity index (χ4n) is 2.29. The minimum absolute atomic E-state index is 0.407. The highest BCUT2D eigenvalue weighted by Gasteiger charge is 2.20. The molecule has 1 radical (unpaired) electrons. The van der Waals surface area contributed by atoms with Gasteiger partial charge in [-0.05, 0) is 5.92 Å². The third-order valence-electron chi connectivity index (χ3n) is 2.99. The molecule has 0 saturated carbocycles. The van der Waals surface area contributed by atoms with Gasteiger partial charge in [-0.25, -0.2) is 0 Å². The maximum absolute atomic E-state index is 3.69. The van der Waals surface area contributed by atoms with Gasteiger partial charge in [-0.2, -0.15) is 0 Å². The standard InChI is InChI=1S/C5H11.3C4H9.Al/c1-4-5(2)3;3*1-4(2)3;/h5H,1,4H2,2-3H3;3*4H,1H2,2-3H3;. The molecule has 1 heteroatoms. The van der Waals surface area contributed by atoms with Gasteiger partial charge in [0.25, 0.3) is 14.1 Å². The molecule has 18 heavy (non-hydrogen) atoms. The van der Waals surface area contributed by atoms with Crippen molar-refractivity contribution in [3.05, 3.63) is 6.92 Å². The predicted octanol–water partition coefficient (Wildman–Crippen LogP) is 6.32. The van der Waals surface area contributed by atoms with Crippen LogP contribution in [0.4, 0.5) is 0 Å². The first-order chi connectivity index (χ1) is 8.18. The number of hydrogen-bond acceptors (Lipinski definition) is 0. The Hall–Kier alpha value is 0.532. The van der Waals surface area contributed by atoms with Crippen molar-refractivity contribution in [1.82, 2.24) is 0 Å². The Morgan fingerprint density at radius 2 is 0.833 bits per heavy atom. The molecule has 0 N–H and O–H groups in total. The second kappa shape index (κ2) is 12.6. The maximum Gasteiger partial charge on any atom is 0.262 e. The van der Waals surface area contributed by atoms with Gasteiger partial charge in [-0.15, -0.1) is 0 Å². The molecule has 0 aromatic carbocycles. The molecule has 0 heterocycles. The Bertz CT molecular complexity index is 135. The molecular weight excluding hydrogens is 231 g/mol. The first kappa shape index (κ1) is 20.8. The highest BCUT2D eigenvalue weighted by atomic mass is 27.2. The van der Waals surface area contributed by atoms with E-state index in [2.05, 4.69) is 62.3 Å². The van der Waals surface area contributed by atoms with Gasteiger partial charge >= 0.3 is 0 Å². The molecule has 0 saturated heterocycles. The first-order valence-corrected chi connectivity index (χ1v) is 10.4. The van der Waals surface area contributed by atoms with Crippen molar-refractivity contribution in [1.29, 1.82) is 0 Å². The molecule has 0 aliphatic heterocycles. The van der Waals surface area contributed by atoms with E-state index in [1.807, 2.05) is 0 Å². The minimum Gasteiger partial charge on any atom is -0.0915 e. The summed E-state index contributed by atoms with van der Waals surface area (Å²) in [5.74, 6) is 3.55. The van der Waals surface area contributed by atoms with Crippen LogP contribution in [0.15, 0.2) is 0 Å². The molecule has 0 aliphatic rings. The van der Waals surface area contributed by atoms with Gasteiger partial charge in [0.05, 0.1) is 0 Å². The lowest BCUT2D eigenvalue weighted by Crippen LogP contribution is -2.19. The van der Waals surface area contributed by atoms with Crippen LogP contribution in [0.5, 0.6) is 0 Å². The van der Waals surface area contributed by atoms with E-state index >= 15 is 0 Å². The second-order valence-electron chi connectivity index (χ2n) is 7.44. The fourth-order valence-corrected chi connectivity index (χ4v) is 6.87. The summed E-state index contributed by atoms with van der Waals surface area (Å²) in [5.41, 5.74) is 0. The average molecular weight is 269 g/mol. The SMILES string of the molecule is CC(C)[CH2][Al]([CH2]C(C)C)[CH2]C(C)C.[CH2]CC(C)C. The summed E-state index contributed by atoms with van der Waals surface area (Å²) in [5, 5.41) is 4.66. The molecule has 0 spiro atoms. The van der Waals surface area contributed by atoms with E-state index in [0.717, 1.165) is 30.1 Å². The maximum atomic E-state index is 3.69. The van der Waals surface area contributed by atoms with Crippen molar-refractivity contribution in [2.75, 3.05) is 0 Å². The third-order valence-corrected chi connectivity index (χ3v) is 7.82. The Morgan fingerprint density at radius 3 is 0.944 bits per heavy atom. The Morgan fingerprint density at radius 1 is 0.611 bits per heavy atom. The molecule has 0 aliphatic carbocycles. The van der Waals surface area contributed by atoms with Gasteiger partial charge in [-0.3, -0.25) is 0 Å². The fraction of sp³-hybridized carbons (Fsp3) is 0.941. The summed E-state index contributed by atoms with van der Waals surface area (Å²) in [4.78, 5) is 0.